The van der Waals surface area contributed by atoms with E-state index in [2.05, 4.69) is 5.32 Å². The molecular weight excluding hydrogens is 336 g/mol. The van der Waals surface area contributed by atoms with E-state index < -0.39 is 17.5 Å². The van der Waals surface area contributed by atoms with Crippen LogP contribution in [-0.4, -0.2) is 12.5 Å². The highest BCUT2D eigenvalue weighted by molar-refractivity contribution is 6.31. The SMILES string of the molecule is Cc1cc(OCC(=O)Nc2ccc(F)cc2F)c(C(C)C)cc1Cl. The number of carbonyl (C=O) groups excluding carboxylic acids is 1. The number of hydrogen-bond donors (Lipinski definition) is 1. The van der Waals surface area contributed by atoms with Crippen molar-refractivity contribution in [1.29, 1.82) is 0 Å². The zero-order valence-electron chi connectivity index (χ0n) is 13.6. The molecule has 2 aromatic carbocycles. The molecule has 24 heavy (non-hydrogen) atoms. The summed E-state index contributed by atoms with van der Waals surface area (Å²) in [5.41, 5.74) is 1.62. The third-order valence-electron chi connectivity index (χ3n) is 3.48. The van der Waals surface area contributed by atoms with Crippen LogP contribution in [0.2, 0.25) is 5.02 Å². The fourth-order valence-corrected chi connectivity index (χ4v) is 2.34. The van der Waals surface area contributed by atoms with Crippen molar-refractivity contribution in [3.8, 4) is 5.75 Å². The highest BCUT2D eigenvalue weighted by Crippen LogP contribution is 2.32. The van der Waals surface area contributed by atoms with E-state index in [0.29, 0.717) is 16.8 Å². The monoisotopic (exact) mass is 353 g/mol. The Balaban J connectivity index is 2.07. The summed E-state index contributed by atoms with van der Waals surface area (Å²) in [7, 11) is 0. The molecule has 2 aromatic rings. The van der Waals surface area contributed by atoms with Crippen molar-refractivity contribution in [1.82, 2.24) is 0 Å². The van der Waals surface area contributed by atoms with Gasteiger partial charge in [0, 0.05) is 11.1 Å². The lowest BCUT2D eigenvalue weighted by molar-refractivity contribution is -0.118. The minimum absolute atomic E-state index is 0.0960. The molecule has 1 N–H and O–H groups in total. The molecule has 3 nitrogen and oxygen atoms in total. The Bertz CT molecular complexity index is 763. The minimum atomic E-state index is -0.839. The Morgan fingerprint density at radius 3 is 2.58 bits per heavy atom. The predicted molar refractivity (Wildman–Crippen MR) is 90.8 cm³/mol. The van der Waals surface area contributed by atoms with E-state index in [4.69, 9.17) is 16.3 Å². The van der Waals surface area contributed by atoms with Crippen LogP contribution in [0.1, 0.15) is 30.9 Å². The Kier molecular flexibility index (Phi) is 5.78. The lowest BCUT2D eigenvalue weighted by Gasteiger charge is -2.16. The van der Waals surface area contributed by atoms with Crippen LogP contribution in [0.25, 0.3) is 0 Å². The molecule has 0 aliphatic heterocycles. The van der Waals surface area contributed by atoms with Gasteiger partial charge in [0.15, 0.2) is 6.61 Å². The second-order valence-corrected chi connectivity index (χ2v) is 6.16. The lowest BCUT2D eigenvalue weighted by atomic mass is 10.0. The van der Waals surface area contributed by atoms with Crippen molar-refractivity contribution in [3.05, 3.63) is 58.1 Å². The number of hydrogen-bond acceptors (Lipinski definition) is 2. The van der Waals surface area contributed by atoms with Crippen LogP contribution in [0, 0.1) is 18.6 Å². The molecule has 0 saturated carbocycles. The van der Waals surface area contributed by atoms with Gasteiger partial charge >= 0.3 is 0 Å². The predicted octanol–water partition coefficient (Wildman–Crippen LogP) is 5.07. The van der Waals surface area contributed by atoms with Gasteiger partial charge in [-0.3, -0.25) is 4.79 Å². The summed E-state index contributed by atoms with van der Waals surface area (Å²) < 4.78 is 32.0. The Labute approximate surface area is 144 Å². The van der Waals surface area contributed by atoms with Crippen LogP contribution in [0.4, 0.5) is 14.5 Å². The van der Waals surface area contributed by atoms with Crippen LogP contribution in [-0.2, 0) is 4.79 Å². The van der Waals surface area contributed by atoms with E-state index in [0.717, 1.165) is 23.3 Å². The number of halogens is 3. The maximum absolute atomic E-state index is 13.5. The number of benzene rings is 2. The Hall–Kier alpha value is -2.14. The third-order valence-corrected chi connectivity index (χ3v) is 3.88. The molecule has 6 heteroatoms. The molecule has 0 aliphatic carbocycles. The number of ether oxygens (including phenoxy) is 1. The maximum atomic E-state index is 13.5. The molecule has 0 bridgehead atoms. The molecule has 128 valence electrons. The topological polar surface area (TPSA) is 38.3 Å². The molecule has 2 rings (SSSR count). The summed E-state index contributed by atoms with van der Waals surface area (Å²) >= 11 is 6.12. The van der Waals surface area contributed by atoms with Gasteiger partial charge in [0.05, 0.1) is 5.69 Å². The molecule has 0 unspecified atom stereocenters. The fraction of sp³-hybridized carbons (Fsp3) is 0.278. The number of aryl methyl sites for hydroxylation is 1. The van der Waals surface area contributed by atoms with Gasteiger partial charge in [-0.15, -0.1) is 0 Å². The zero-order chi connectivity index (χ0) is 17.9. The van der Waals surface area contributed by atoms with Gasteiger partial charge in [-0.25, -0.2) is 8.78 Å². The van der Waals surface area contributed by atoms with Gasteiger partial charge in [-0.05, 0) is 48.2 Å². The summed E-state index contributed by atoms with van der Waals surface area (Å²) in [6.07, 6.45) is 0. The van der Waals surface area contributed by atoms with Gasteiger partial charge in [-0.1, -0.05) is 25.4 Å². The molecular formula is C18H18ClF2NO2. The first kappa shape index (κ1) is 18.2. The van der Waals surface area contributed by atoms with Gasteiger partial charge in [0.2, 0.25) is 0 Å². The van der Waals surface area contributed by atoms with Gasteiger partial charge in [0.1, 0.15) is 17.4 Å². The first-order valence-corrected chi connectivity index (χ1v) is 7.83. The number of carbonyl (C=O) groups is 1. The van der Waals surface area contributed by atoms with E-state index in [1.165, 1.54) is 0 Å². The first-order valence-electron chi connectivity index (χ1n) is 7.45. The summed E-state index contributed by atoms with van der Waals surface area (Å²) in [4.78, 5) is 11.9. The highest BCUT2D eigenvalue weighted by atomic mass is 35.5. The summed E-state index contributed by atoms with van der Waals surface area (Å²) in [6, 6.07) is 6.52. The van der Waals surface area contributed by atoms with Crippen molar-refractivity contribution in [3.63, 3.8) is 0 Å². The molecule has 0 saturated heterocycles. The maximum Gasteiger partial charge on any atom is 0.262 e. The highest BCUT2D eigenvalue weighted by Gasteiger charge is 2.14. The van der Waals surface area contributed by atoms with Crippen LogP contribution >= 0.6 is 11.6 Å². The molecule has 0 aliphatic rings. The quantitative estimate of drug-likeness (QED) is 0.815. The summed E-state index contributed by atoms with van der Waals surface area (Å²) in [5.74, 6) is -1.37. The smallest absolute Gasteiger partial charge is 0.262 e. The van der Waals surface area contributed by atoms with E-state index in [9.17, 15) is 13.6 Å². The van der Waals surface area contributed by atoms with Crippen molar-refractivity contribution >= 4 is 23.2 Å². The molecule has 0 spiro atoms. The lowest BCUT2D eigenvalue weighted by Crippen LogP contribution is -2.21. The zero-order valence-corrected chi connectivity index (χ0v) is 14.4. The van der Waals surface area contributed by atoms with Gasteiger partial charge in [0.25, 0.3) is 5.91 Å². The van der Waals surface area contributed by atoms with Gasteiger partial charge < -0.3 is 10.1 Å². The van der Waals surface area contributed by atoms with E-state index in [-0.39, 0.29) is 18.2 Å². The van der Waals surface area contributed by atoms with Crippen LogP contribution in [0.3, 0.4) is 0 Å². The minimum Gasteiger partial charge on any atom is -0.483 e. The number of anilines is 1. The molecule has 0 fully saturated rings. The average molecular weight is 354 g/mol. The Morgan fingerprint density at radius 1 is 1.25 bits per heavy atom. The molecule has 0 heterocycles. The number of rotatable bonds is 5. The van der Waals surface area contributed by atoms with E-state index in [1.54, 1.807) is 6.07 Å². The normalized spacial score (nSPS) is 10.8. The Morgan fingerprint density at radius 2 is 1.96 bits per heavy atom. The van der Waals surface area contributed by atoms with E-state index in [1.807, 2.05) is 26.8 Å². The molecule has 0 aromatic heterocycles. The molecule has 1 amide bonds. The second kappa shape index (κ2) is 7.62. The number of amides is 1. The van der Waals surface area contributed by atoms with Crippen molar-refractivity contribution in [2.75, 3.05) is 11.9 Å². The summed E-state index contributed by atoms with van der Waals surface area (Å²) in [5, 5.41) is 2.98. The summed E-state index contributed by atoms with van der Waals surface area (Å²) in [6.45, 7) is 5.52. The van der Waals surface area contributed by atoms with Crippen molar-refractivity contribution in [2.45, 2.75) is 26.7 Å². The molecule has 0 radical (unpaired) electrons. The van der Waals surface area contributed by atoms with Crippen LogP contribution in [0.15, 0.2) is 30.3 Å². The standard InChI is InChI=1S/C18H18ClF2NO2/c1-10(2)13-8-14(19)11(3)6-17(13)24-9-18(23)22-16-5-4-12(20)7-15(16)21/h4-8,10H,9H2,1-3H3,(H,22,23). The van der Waals surface area contributed by atoms with Crippen molar-refractivity contribution in [2.24, 2.45) is 0 Å². The van der Waals surface area contributed by atoms with Gasteiger partial charge in [-0.2, -0.15) is 0 Å². The fourth-order valence-electron chi connectivity index (χ4n) is 2.17. The number of nitrogens with one attached hydrogen (secondary N) is 1. The van der Waals surface area contributed by atoms with Crippen molar-refractivity contribution < 1.29 is 18.3 Å². The van der Waals surface area contributed by atoms with Crippen LogP contribution in [0.5, 0.6) is 5.75 Å². The second-order valence-electron chi connectivity index (χ2n) is 5.75. The largest absolute Gasteiger partial charge is 0.483 e. The first-order chi connectivity index (χ1) is 11.3. The average Bonchev–Trinajstić information content (AvgIpc) is 2.50. The molecule has 0 atom stereocenters. The third kappa shape index (κ3) is 4.45. The van der Waals surface area contributed by atoms with Crippen LogP contribution < -0.4 is 10.1 Å². The van der Waals surface area contributed by atoms with E-state index >= 15 is 0 Å².